The molecule has 0 aromatic heterocycles. The molecule has 8 heteroatoms. The van der Waals surface area contributed by atoms with E-state index in [-0.39, 0.29) is 23.5 Å². The molecule has 2 aromatic rings. The van der Waals surface area contributed by atoms with Crippen molar-refractivity contribution >= 4 is 56.1 Å². The molecular weight excluding hydrogens is 442 g/mol. The predicted molar refractivity (Wildman–Crippen MR) is 115 cm³/mol. The van der Waals surface area contributed by atoms with Crippen molar-refractivity contribution in [3.8, 4) is 0 Å². The Labute approximate surface area is 176 Å². The normalized spacial score (nSPS) is 16.2. The van der Waals surface area contributed by atoms with E-state index in [1.54, 1.807) is 37.2 Å². The maximum Gasteiger partial charge on any atom is 0.286 e. The molecule has 1 atom stereocenters. The molecule has 1 N–H and O–H groups in total. The number of anilines is 2. The lowest BCUT2D eigenvalue weighted by Crippen LogP contribution is -2.28. The molecule has 28 heavy (non-hydrogen) atoms. The van der Waals surface area contributed by atoms with Gasteiger partial charge in [-0.3, -0.25) is 14.4 Å². The number of nitrogens with one attached hydrogen (secondary N) is 1. The molecule has 6 nitrogen and oxygen atoms in total. The molecule has 146 valence electrons. The number of benzene rings is 2. The Morgan fingerprint density at radius 1 is 1.18 bits per heavy atom. The molecule has 1 heterocycles. The molecule has 1 unspecified atom stereocenters. The zero-order valence-corrected chi connectivity index (χ0v) is 17.9. The summed E-state index contributed by atoms with van der Waals surface area (Å²) < 4.78 is 0.877. The molecule has 1 aliphatic rings. The first-order valence-electron chi connectivity index (χ1n) is 8.70. The maximum absolute atomic E-state index is 12.8. The van der Waals surface area contributed by atoms with Crippen molar-refractivity contribution in [3.63, 3.8) is 0 Å². The first kappa shape index (κ1) is 20.4. The van der Waals surface area contributed by atoms with E-state index in [4.69, 9.17) is 0 Å². The van der Waals surface area contributed by atoms with Crippen LogP contribution >= 0.6 is 27.7 Å². The Balaban J connectivity index is 1.71. The molecule has 0 saturated carbocycles. The zero-order chi connectivity index (χ0) is 20.3. The highest BCUT2D eigenvalue weighted by Crippen LogP contribution is 2.31. The fraction of sp³-hybridized carbons (Fsp3) is 0.250. The number of halogens is 1. The first-order valence-corrected chi connectivity index (χ1v) is 10.3. The predicted octanol–water partition coefficient (Wildman–Crippen LogP) is 4.21. The zero-order valence-electron chi connectivity index (χ0n) is 15.5. The number of para-hydroxylation sites is 1. The molecule has 0 bridgehead atoms. The summed E-state index contributed by atoms with van der Waals surface area (Å²) in [7, 11) is 3.36. The molecular formula is C20H20BrN3O3S. The number of nitrogens with zero attached hydrogens (tertiary/aromatic N) is 2. The van der Waals surface area contributed by atoms with Crippen LogP contribution in [-0.2, 0) is 9.59 Å². The number of hydrogen-bond donors (Lipinski definition) is 1. The second kappa shape index (κ2) is 8.79. The number of carbonyl (C=O) groups is 3. The Morgan fingerprint density at radius 3 is 2.64 bits per heavy atom. The summed E-state index contributed by atoms with van der Waals surface area (Å²) in [5.41, 5.74) is 1.34. The largest absolute Gasteiger partial charge is 0.339 e. The van der Waals surface area contributed by atoms with Crippen LogP contribution in [0.25, 0.3) is 0 Å². The lowest BCUT2D eigenvalue weighted by atomic mass is 10.1. The van der Waals surface area contributed by atoms with E-state index >= 15 is 0 Å². The second-order valence-corrected chi connectivity index (χ2v) is 8.54. The summed E-state index contributed by atoms with van der Waals surface area (Å²) in [6.07, 6.45) is 0.157. The Bertz CT molecular complexity index is 919. The molecule has 0 spiro atoms. The van der Waals surface area contributed by atoms with Crippen molar-refractivity contribution in [1.29, 1.82) is 0 Å². The van der Waals surface area contributed by atoms with E-state index in [0.29, 0.717) is 17.1 Å². The van der Waals surface area contributed by atoms with E-state index in [1.807, 2.05) is 30.3 Å². The maximum atomic E-state index is 12.8. The number of amides is 3. The van der Waals surface area contributed by atoms with Gasteiger partial charge in [0.2, 0.25) is 11.8 Å². The molecule has 2 aromatic carbocycles. The standard InChI is InChI=1S/C20H20BrN3O3S/c1-23(2)20(27)28-17-9-4-3-8-16(17)22-19(26)13-10-18(25)24(12-13)15-7-5-6-14(21)11-15/h3-9,11,13H,10,12H2,1-2H3,(H,22,26). The molecule has 0 aliphatic carbocycles. The smallest absolute Gasteiger partial charge is 0.286 e. The monoisotopic (exact) mass is 461 g/mol. The average Bonchev–Trinajstić information content (AvgIpc) is 3.05. The van der Waals surface area contributed by atoms with Gasteiger partial charge < -0.3 is 15.1 Å². The van der Waals surface area contributed by atoms with Crippen LogP contribution < -0.4 is 10.2 Å². The summed E-state index contributed by atoms with van der Waals surface area (Å²) >= 11 is 4.46. The SMILES string of the molecule is CN(C)C(=O)Sc1ccccc1NC(=O)C1CC(=O)N(c2cccc(Br)c2)C1. The van der Waals surface area contributed by atoms with Crippen LogP contribution in [0.4, 0.5) is 16.2 Å². The van der Waals surface area contributed by atoms with Crippen molar-refractivity contribution in [2.45, 2.75) is 11.3 Å². The van der Waals surface area contributed by atoms with Gasteiger partial charge in [0.25, 0.3) is 5.24 Å². The van der Waals surface area contributed by atoms with Gasteiger partial charge in [0.1, 0.15) is 0 Å². The van der Waals surface area contributed by atoms with Crippen LogP contribution in [0.2, 0.25) is 0 Å². The lowest BCUT2D eigenvalue weighted by Gasteiger charge is -2.17. The van der Waals surface area contributed by atoms with Crippen LogP contribution in [0.15, 0.2) is 57.9 Å². The van der Waals surface area contributed by atoms with Gasteiger partial charge in [0, 0.05) is 42.1 Å². The van der Waals surface area contributed by atoms with Gasteiger partial charge in [-0.05, 0) is 42.1 Å². The number of carbonyl (C=O) groups excluding carboxylic acids is 3. The minimum atomic E-state index is -0.450. The van der Waals surface area contributed by atoms with Crippen molar-refractivity contribution < 1.29 is 14.4 Å². The van der Waals surface area contributed by atoms with E-state index in [1.165, 1.54) is 4.90 Å². The molecule has 1 saturated heterocycles. The molecule has 1 aliphatic heterocycles. The molecule has 0 radical (unpaired) electrons. The van der Waals surface area contributed by atoms with Crippen molar-refractivity contribution in [3.05, 3.63) is 53.0 Å². The van der Waals surface area contributed by atoms with Crippen molar-refractivity contribution in [2.75, 3.05) is 30.9 Å². The number of rotatable bonds is 4. The van der Waals surface area contributed by atoms with Gasteiger partial charge in [-0.2, -0.15) is 0 Å². The highest BCUT2D eigenvalue weighted by atomic mass is 79.9. The summed E-state index contributed by atoms with van der Waals surface area (Å²) in [6, 6.07) is 14.6. The summed E-state index contributed by atoms with van der Waals surface area (Å²) in [6.45, 7) is 0.326. The van der Waals surface area contributed by atoms with Crippen molar-refractivity contribution in [1.82, 2.24) is 4.90 Å². The number of hydrogen-bond acceptors (Lipinski definition) is 4. The van der Waals surface area contributed by atoms with E-state index in [0.717, 1.165) is 21.9 Å². The third kappa shape index (κ3) is 4.74. The van der Waals surface area contributed by atoms with Crippen molar-refractivity contribution in [2.24, 2.45) is 5.92 Å². The van der Waals surface area contributed by atoms with E-state index in [2.05, 4.69) is 21.2 Å². The molecule has 3 amide bonds. The van der Waals surface area contributed by atoms with Gasteiger partial charge in [0.05, 0.1) is 11.6 Å². The third-order valence-electron chi connectivity index (χ3n) is 4.32. The van der Waals surface area contributed by atoms with Crippen LogP contribution in [-0.4, -0.2) is 42.6 Å². The van der Waals surface area contributed by atoms with Crippen LogP contribution in [0.5, 0.6) is 0 Å². The number of thioether (sulfide) groups is 1. The highest BCUT2D eigenvalue weighted by molar-refractivity contribution is 9.10. The van der Waals surface area contributed by atoms with Crippen LogP contribution in [0, 0.1) is 5.92 Å². The summed E-state index contributed by atoms with van der Waals surface area (Å²) in [4.78, 5) is 41.0. The lowest BCUT2D eigenvalue weighted by molar-refractivity contribution is -0.122. The fourth-order valence-corrected chi connectivity index (χ4v) is 3.99. The fourth-order valence-electron chi connectivity index (χ4n) is 2.86. The average molecular weight is 462 g/mol. The highest BCUT2D eigenvalue weighted by Gasteiger charge is 2.35. The first-order chi connectivity index (χ1) is 13.3. The Hall–Kier alpha value is -2.32. The minimum Gasteiger partial charge on any atom is -0.339 e. The van der Waals surface area contributed by atoms with E-state index in [9.17, 15) is 14.4 Å². The quantitative estimate of drug-likeness (QED) is 0.692. The Kier molecular flexibility index (Phi) is 6.41. The topological polar surface area (TPSA) is 69.7 Å². The van der Waals surface area contributed by atoms with Gasteiger partial charge >= 0.3 is 0 Å². The van der Waals surface area contributed by atoms with Gasteiger partial charge in [-0.25, -0.2) is 0 Å². The summed E-state index contributed by atoms with van der Waals surface area (Å²) in [5, 5.41) is 2.76. The van der Waals surface area contributed by atoms with Crippen LogP contribution in [0.1, 0.15) is 6.42 Å². The summed E-state index contributed by atoms with van der Waals surface area (Å²) in [5.74, 6) is -0.756. The Morgan fingerprint density at radius 2 is 1.93 bits per heavy atom. The van der Waals surface area contributed by atoms with Gasteiger partial charge in [0.15, 0.2) is 0 Å². The van der Waals surface area contributed by atoms with Gasteiger partial charge in [-0.15, -0.1) is 0 Å². The van der Waals surface area contributed by atoms with E-state index < -0.39 is 5.92 Å². The second-order valence-electron chi connectivity index (χ2n) is 6.63. The van der Waals surface area contributed by atoms with Gasteiger partial charge in [-0.1, -0.05) is 34.1 Å². The minimum absolute atomic E-state index is 0.0799. The molecule has 1 fully saturated rings. The van der Waals surface area contributed by atoms with Crippen LogP contribution in [0.3, 0.4) is 0 Å². The molecule has 3 rings (SSSR count). The third-order valence-corrected chi connectivity index (χ3v) is 5.93.